The van der Waals surface area contributed by atoms with Gasteiger partial charge in [0.05, 0.1) is 0 Å². The Kier molecular flexibility index (Phi) is 3.09. The summed E-state index contributed by atoms with van der Waals surface area (Å²) < 4.78 is 0. The van der Waals surface area contributed by atoms with E-state index in [1.165, 1.54) is 11.1 Å². The monoisotopic (exact) mass is 160 g/mol. The quantitative estimate of drug-likeness (QED) is 0.634. The summed E-state index contributed by atoms with van der Waals surface area (Å²) in [5.74, 6) is 0.714. The highest BCUT2D eigenvalue weighted by Crippen LogP contribution is 2.14. The second kappa shape index (κ2) is 4.10. The van der Waals surface area contributed by atoms with Crippen LogP contribution >= 0.6 is 0 Å². The van der Waals surface area contributed by atoms with Crippen LogP contribution in [0.3, 0.4) is 0 Å². The van der Waals surface area contributed by atoms with Crippen LogP contribution in [-0.2, 0) is 6.42 Å². The van der Waals surface area contributed by atoms with Gasteiger partial charge in [0, 0.05) is 0 Å². The van der Waals surface area contributed by atoms with Crippen molar-refractivity contribution in [1.29, 1.82) is 0 Å². The van der Waals surface area contributed by atoms with E-state index in [1.807, 2.05) is 6.08 Å². The second-order valence-corrected chi connectivity index (χ2v) is 3.50. The molecule has 0 aliphatic carbocycles. The molecular formula is C12H16. The van der Waals surface area contributed by atoms with Crippen molar-refractivity contribution < 1.29 is 0 Å². The van der Waals surface area contributed by atoms with Gasteiger partial charge in [0.1, 0.15) is 0 Å². The minimum atomic E-state index is 0.714. The van der Waals surface area contributed by atoms with Gasteiger partial charge in [-0.25, -0.2) is 0 Å². The first kappa shape index (κ1) is 9.05. The Labute approximate surface area is 74.9 Å². The van der Waals surface area contributed by atoms with Crippen molar-refractivity contribution in [2.45, 2.75) is 20.3 Å². The van der Waals surface area contributed by atoms with Crippen LogP contribution in [0.25, 0.3) is 6.08 Å². The Bertz CT molecular complexity index is 258. The molecule has 64 valence electrons. The van der Waals surface area contributed by atoms with Gasteiger partial charge in [-0.1, -0.05) is 50.8 Å². The molecule has 0 amide bonds. The van der Waals surface area contributed by atoms with Gasteiger partial charge in [-0.3, -0.25) is 0 Å². The standard InChI is InChI=1S/C12H16/c1-4-11-7-5-6-8-12(11)9-10(2)3/h4-8,10H,1,9H2,2-3H3. The maximum Gasteiger partial charge on any atom is -0.0230 e. The van der Waals surface area contributed by atoms with E-state index in [-0.39, 0.29) is 0 Å². The predicted molar refractivity (Wildman–Crippen MR) is 55.1 cm³/mol. The average Bonchev–Trinajstić information content (AvgIpc) is 2.04. The van der Waals surface area contributed by atoms with Crippen molar-refractivity contribution in [2.24, 2.45) is 5.92 Å². The van der Waals surface area contributed by atoms with E-state index in [0.717, 1.165) is 6.42 Å². The molecule has 1 aromatic rings. The maximum absolute atomic E-state index is 3.80. The largest absolute Gasteiger partial charge is 0.0985 e. The molecule has 0 heterocycles. The van der Waals surface area contributed by atoms with E-state index in [4.69, 9.17) is 0 Å². The van der Waals surface area contributed by atoms with Crippen molar-refractivity contribution in [3.8, 4) is 0 Å². The van der Waals surface area contributed by atoms with E-state index in [9.17, 15) is 0 Å². The van der Waals surface area contributed by atoms with Crippen LogP contribution in [0.2, 0.25) is 0 Å². The normalized spacial score (nSPS) is 10.2. The molecule has 0 saturated carbocycles. The molecule has 0 radical (unpaired) electrons. The smallest absolute Gasteiger partial charge is 0.0230 e. The van der Waals surface area contributed by atoms with Crippen LogP contribution in [0, 0.1) is 5.92 Å². The number of benzene rings is 1. The van der Waals surface area contributed by atoms with Crippen LogP contribution < -0.4 is 0 Å². The minimum Gasteiger partial charge on any atom is -0.0985 e. The van der Waals surface area contributed by atoms with Crippen LogP contribution in [-0.4, -0.2) is 0 Å². The molecular weight excluding hydrogens is 144 g/mol. The van der Waals surface area contributed by atoms with E-state index in [0.29, 0.717) is 5.92 Å². The number of rotatable bonds is 3. The van der Waals surface area contributed by atoms with Gasteiger partial charge in [-0.2, -0.15) is 0 Å². The Hall–Kier alpha value is -1.04. The van der Waals surface area contributed by atoms with E-state index in [2.05, 4.69) is 44.7 Å². The van der Waals surface area contributed by atoms with Gasteiger partial charge in [0.25, 0.3) is 0 Å². The lowest BCUT2D eigenvalue weighted by molar-refractivity contribution is 0.646. The third-order valence-corrected chi connectivity index (χ3v) is 1.90. The van der Waals surface area contributed by atoms with Crippen molar-refractivity contribution in [2.75, 3.05) is 0 Å². The SMILES string of the molecule is C=Cc1ccccc1CC(C)C. The van der Waals surface area contributed by atoms with Gasteiger partial charge >= 0.3 is 0 Å². The summed E-state index contributed by atoms with van der Waals surface area (Å²) in [4.78, 5) is 0. The van der Waals surface area contributed by atoms with Crippen LogP contribution in [0.1, 0.15) is 25.0 Å². The van der Waals surface area contributed by atoms with E-state index in [1.54, 1.807) is 0 Å². The summed E-state index contributed by atoms with van der Waals surface area (Å²) in [5.41, 5.74) is 2.67. The predicted octanol–water partition coefficient (Wildman–Crippen LogP) is 3.53. The Morgan fingerprint density at radius 3 is 2.58 bits per heavy atom. The number of hydrogen-bond acceptors (Lipinski definition) is 0. The summed E-state index contributed by atoms with van der Waals surface area (Å²) >= 11 is 0. The Morgan fingerprint density at radius 1 is 1.33 bits per heavy atom. The summed E-state index contributed by atoms with van der Waals surface area (Å²) in [6.45, 7) is 8.27. The van der Waals surface area contributed by atoms with Crippen LogP contribution in [0.15, 0.2) is 30.8 Å². The lowest BCUT2D eigenvalue weighted by atomic mass is 9.98. The molecule has 0 heteroatoms. The highest BCUT2D eigenvalue weighted by molar-refractivity contribution is 5.51. The van der Waals surface area contributed by atoms with Gasteiger partial charge in [-0.05, 0) is 23.5 Å². The average molecular weight is 160 g/mol. The van der Waals surface area contributed by atoms with Crippen molar-refractivity contribution >= 4 is 6.08 Å². The maximum atomic E-state index is 3.80. The van der Waals surface area contributed by atoms with Crippen molar-refractivity contribution in [3.05, 3.63) is 42.0 Å². The molecule has 0 unspecified atom stereocenters. The molecule has 0 nitrogen and oxygen atoms in total. The first-order valence-corrected chi connectivity index (χ1v) is 4.44. The topological polar surface area (TPSA) is 0 Å². The second-order valence-electron chi connectivity index (χ2n) is 3.50. The molecule has 0 spiro atoms. The summed E-state index contributed by atoms with van der Waals surface area (Å²) in [5, 5.41) is 0. The first-order chi connectivity index (χ1) is 5.74. The summed E-state index contributed by atoms with van der Waals surface area (Å²) in [6, 6.07) is 8.44. The molecule has 0 aliphatic heterocycles. The molecule has 1 aromatic carbocycles. The van der Waals surface area contributed by atoms with Crippen LogP contribution in [0.5, 0.6) is 0 Å². The minimum absolute atomic E-state index is 0.714. The fourth-order valence-electron chi connectivity index (χ4n) is 1.36. The van der Waals surface area contributed by atoms with Crippen LogP contribution in [0.4, 0.5) is 0 Å². The van der Waals surface area contributed by atoms with Gasteiger partial charge in [-0.15, -0.1) is 0 Å². The Balaban J connectivity index is 2.89. The molecule has 0 bridgehead atoms. The third-order valence-electron chi connectivity index (χ3n) is 1.90. The molecule has 0 aromatic heterocycles. The third kappa shape index (κ3) is 2.23. The van der Waals surface area contributed by atoms with E-state index < -0.39 is 0 Å². The zero-order valence-electron chi connectivity index (χ0n) is 7.88. The van der Waals surface area contributed by atoms with Crippen molar-refractivity contribution in [1.82, 2.24) is 0 Å². The zero-order chi connectivity index (χ0) is 8.97. The van der Waals surface area contributed by atoms with Gasteiger partial charge < -0.3 is 0 Å². The fourth-order valence-corrected chi connectivity index (χ4v) is 1.36. The first-order valence-electron chi connectivity index (χ1n) is 4.44. The number of hydrogen-bond donors (Lipinski definition) is 0. The van der Waals surface area contributed by atoms with E-state index >= 15 is 0 Å². The highest BCUT2D eigenvalue weighted by atomic mass is 14.0. The lowest BCUT2D eigenvalue weighted by Gasteiger charge is -2.07. The van der Waals surface area contributed by atoms with Gasteiger partial charge in [0.15, 0.2) is 0 Å². The van der Waals surface area contributed by atoms with Gasteiger partial charge in [0.2, 0.25) is 0 Å². The highest BCUT2D eigenvalue weighted by Gasteiger charge is 2.00. The lowest BCUT2D eigenvalue weighted by Crippen LogP contribution is -1.95. The Morgan fingerprint density at radius 2 is 2.00 bits per heavy atom. The summed E-state index contributed by atoms with van der Waals surface area (Å²) in [7, 11) is 0. The fraction of sp³-hybridized carbons (Fsp3) is 0.333. The molecule has 0 fully saturated rings. The van der Waals surface area contributed by atoms with Crippen molar-refractivity contribution in [3.63, 3.8) is 0 Å². The zero-order valence-corrected chi connectivity index (χ0v) is 7.88. The molecule has 0 saturated heterocycles. The molecule has 1 rings (SSSR count). The molecule has 12 heavy (non-hydrogen) atoms. The molecule has 0 N–H and O–H groups in total. The molecule has 0 atom stereocenters. The molecule has 0 aliphatic rings. The summed E-state index contributed by atoms with van der Waals surface area (Å²) in [6.07, 6.45) is 3.07.